The number of carbonyl (C=O) groups is 1. The normalized spacial score (nSPS) is 26.4. The van der Waals surface area contributed by atoms with Gasteiger partial charge in [-0.2, -0.15) is 0 Å². The number of hydrogen-bond acceptors (Lipinski definition) is 8. The van der Waals surface area contributed by atoms with Crippen LogP contribution < -0.4 is 9.47 Å². The van der Waals surface area contributed by atoms with Crippen LogP contribution >= 0.6 is 0 Å². The van der Waals surface area contributed by atoms with E-state index in [1.54, 1.807) is 6.92 Å². The summed E-state index contributed by atoms with van der Waals surface area (Å²) in [4.78, 5) is 16.6. The smallest absolute Gasteiger partial charge is 0.491 e. The van der Waals surface area contributed by atoms with E-state index >= 15 is 0 Å². The Morgan fingerprint density at radius 1 is 0.860 bits per heavy atom. The largest absolute Gasteiger partial charge is 0.509 e. The van der Waals surface area contributed by atoms with Crippen molar-refractivity contribution >= 4 is 6.16 Å². The topological polar surface area (TPSA) is 80.7 Å². The van der Waals surface area contributed by atoms with Crippen LogP contribution in [0.25, 0.3) is 0 Å². The average molecular weight is 599 g/mol. The van der Waals surface area contributed by atoms with Crippen molar-refractivity contribution < 1.29 is 28.8 Å². The molecular formula is C35H54N2O6. The number of rotatable bonds is 8. The molecule has 0 aliphatic carbocycles. The summed E-state index contributed by atoms with van der Waals surface area (Å²) in [5.74, 6) is 2.00. The maximum absolute atomic E-state index is 12.1. The number of carbonyl (C=O) groups excluding carboxylic acids is 1. The van der Waals surface area contributed by atoms with E-state index in [0.29, 0.717) is 6.61 Å². The van der Waals surface area contributed by atoms with Crippen LogP contribution in [-0.2, 0) is 20.7 Å². The van der Waals surface area contributed by atoms with Crippen molar-refractivity contribution in [3.63, 3.8) is 0 Å². The second-order valence-electron chi connectivity index (χ2n) is 12.8. The Kier molecular flexibility index (Phi) is 12.3. The van der Waals surface area contributed by atoms with E-state index in [9.17, 15) is 9.90 Å². The van der Waals surface area contributed by atoms with Crippen molar-refractivity contribution in [2.75, 3.05) is 46.9 Å². The number of nitrogens with zero attached hydrogens (tertiary/aromatic N) is 2. The second kappa shape index (κ2) is 15.3. The predicted octanol–water partition coefficient (Wildman–Crippen LogP) is 6.45. The van der Waals surface area contributed by atoms with Crippen molar-refractivity contribution in [1.82, 2.24) is 9.80 Å². The first kappa shape index (κ1) is 34.7. The van der Waals surface area contributed by atoms with Gasteiger partial charge in [-0.3, -0.25) is 0 Å². The maximum Gasteiger partial charge on any atom is 0.509 e. The molecule has 0 aromatic heterocycles. The molecule has 8 heteroatoms. The highest BCUT2D eigenvalue weighted by Crippen LogP contribution is 2.42. The average Bonchev–Trinajstić information content (AvgIpc) is 2.93. The third-order valence-corrected chi connectivity index (χ3v) is 8.45. The Morgan fingerprint density at radius 3 is 1.88 bits per heavy atom. The second-order valence-corrected chi connectivity index (χ2v) is 12.8. The van der Waals surface area contributed by atoms with Crippen molar-refractivity contribution in [2.45, 2.75) is 84.7 Å². The summed E-state index contributed by atoms with van der Waals surface area (Å²) in [7, 11) is 4.19. The van der Waals surface area contributed by atoms with Crippen LogP contribution in [0.1, 0.15) is 72.4 Å². The van der Waals surface area contributed by atoms with Gasteiger partial charge in [-0.05, 0) is 90.5 Å². The molecule has 0 saturated carbocycles. The number of aliphatic hydroxyl groups is 1. The van der Waals surface area contributed by atoms with E-state index in [1.807, 2.05) is 76.2 Å². The minimum Gasteiger partial charge on any atom is -0.491 e. The molecule has 43 heavy (non-hydrogen) atoms. The fraction of sp³-hybridized carbons (Fsp3) is 0.629. The Hall–Kier alpha value is -2.81. The third-order valence-electron chi connectivity index (χ3n) is 8.45. The van der Waals surface area contributed by atoms with Crippen molar-refractivity contribution in [3.8, 4) is 11.5 Å². The van der Waals surface area contributed by atoms with E-state index in [0.717, 1.165) is 61.6 Å². The molecule has 1 N–H and O–H groups in total. The molecule has 2 aliphatic rings. The lowest BCUT2D eigenvalue weighted by Gasteiger charge is -2.44. The van der Waals surface area contributed by atoms with E-state index in [4.69, 9.17) is 18.9 Å². The van der Waals surface area contributed by atoms with Gasteiger partial charge in [0.25, 0.3) is 0 Å². The van der Waals surface area contributed by atoms with Crippen LogP contribution in [0, 0.1) is 11.8 Å². The van der Waals surface area contributed by atoms with Crippen LogP contribution in [-0.4, -0.2) is 80.2 Å². The molecule has 4 atom stereocenters. The van der Waals surface area contributed by atoms with E-state index in [1.165, 1.54) is 0 Å². The van der Waals surface area contributed by atoms with E-state index < -0.39 is 17.4 Å². The quantitative estimate of drug-likeness (QED) is 0.348. The SMILES string of the molecule is CC(C)Oc1cccc([C@@]2(O)CCN(C)C[C@@H]2C)c1.CCOC(=O)O[C@]1(c2cccc(OC(C)C)c2)CCN(C)C[C@@H]1C. The highest BCUT2D eigenvalue weighted by molar-refractivity contribution is 5.61. The van der Waals surface area contributed by atoms with E-state index in [-0.39, 0.29) is 24.0 Å². The molecule has 0 radical (unpaired) electrons. The molecule has 2 aliphatic heterocycles. The maximum atomic E-state index is 12.1. The molecule has 240 valence electrons. The lowest BCUT2D eigenvalue weighted by molar-refractivity contribution is -0.0997. The van der Waals surface area contributed by atoms with Crippen LogP contribution in [0.3, 0.4) is 0 Å². The number of ether oxygens (including phenoxy) is 4. The molecule has 2 heterocycles. The summed E-state index contributed by atoms with van der Waals surface area (Å²) in [5.41, 5.74) is 0.526. The molecule has 2 aromatic rings. The zero-order chi connectivity index (χ0) is 31.8. The van der Waals surface area contributed by atoms with Gasteiger partial charge in [0.15, 0.2) is 0 Å². The van der Waals surface area contributed by atoms with Crippen LogP contribution in [0.4, 0.5) is 4.79 Å². The highest BCUT2D eigenvalue weighted by atomic mass is 16.7. The molecule has 2 aromatic carbocycles. The molecule has 0 spiro atoms. The van der Waals surface area contributed by atoms with Gasteiger partial charge in [-0.15, -0.1) is 0 Å². The molecule has 0 bridgehead atoms. The number of piperidine rings is 2. The summed E-state index contributed by atoms with van der Waals surface area (Å²) < 4.78 is 22.5. The van der Waals surface area contributed by atoms with Crippen LogP contribution in [0.15, 0.2) is 48.5 Å². The van der Waals surface area contributed by atoms with Gasteiger partial charge >= 0.3 is 6.16 Å². The van der Waals surface area contributed by atoms with Gasteiger partial charge in [0, 0.05) is 44.4 Å². The monoisotopic (exact) mass is 598 g/mol. The molecule has 8 nitrogen and oxygen atoms in total. The summed E-state index contributed by atoms with van der Waals surface area (Å²) >= 11 is 0. The predicted molar refractivity (Wildman–Crippen MR) is 171 cm³/mol. The molecule has 2 fully saturated rings. The number of benzene rings is 2. The molecule has 0 amide bonds. The zero-order valence-electron chi connectivity index (χ0n) is 27.8. The number of likely N-dealkylation sites (tertiary alicyclic amines) is 2. The fourth-order valence-corrected chi connectivity index (χ4v) is 6.21. The Bertz CT molecular complexity index is 1170. The first-order valence-corrected chi connectivity index (χ1v) is 15.8. The Labute approximate surface area is 259 Å². The molecule has 0 unspecified atom stereocenters. The summed E-state index contributed by atoms with van der Waals surface area (Å²) in [5, 5.41) is 11.0. The van der Waals surface area contributed by atoms with Crippen molar-refractivity contribution in [1.29, 1.82) is 0 Å². The lowest BCUT2D eigenvalue weighted by Crippen LogP contribution is -2.50. The van der Waals surface area contributed by atoms with Gasteiger partial charge in [0.1, 0.15) is 17.1 Å². The standard InChI is InChI=1S/C19H29NO4.C16H25NO2/c1-6-22-18(21)24-19(10-11-20(5)13-15(19)4)16-8-7-9-17(12-16)23-14(2)3;1-12(2)19-15-7-5-6-14(10-15)16(18)8-9-17(4)11-13(16)3/h7-9,12,14-15H,6,10-11,13H2,1-5H3;5-7,10,12-13,18H,8-9,11H2,1-4H3/t15-,19+;13-,16+/m00/s1. The molecular weight excluding hydrogens is 544 g/mol. The first-order chi connectivity index (χ1) is 20.3. The Balaban J connectivity index is 0.000000242. The zero-order valence-corrected chi connectivity index (χ0v) is 27.8. The van der Waals surface area contributed by atoms with Crippen LogP contribution in [0.5, 0.6) is 11.5 Å². The molecule has 4 rings (SSSR count). The van der Waals surface area contributed by atoms with Gasteiger partial charge in [-0.25, -0.2) is 4.79 Å². The van der Waals surface area contributed by atoms with Crippen molar-refractivity contribution in [2.24, 2.45) is 11.8 Å². The lowest BCUT2D eigenvalue weighted by atomic mass is 9.76. The highest BCUT2D eigenvalue weighted by Gasteiger charge is 2.46. The molecule has 2 saturated heterocycles. The third kappa shape index (κ3) is 9.10. The summed E-state index contributed by atoms with van der Waals surface area (Å²) in [6.45, 7) is 17.9. The van der Waals surface area contributed by atoms with Crippen molar-refractivity contribution in [3.05, 3.63) is 59.7 Å². The Morgan fingerprint density at radius 2 is 1.37 bits per heavy atom. The number of hydrogen-bond donors (Lipinski definition) is 1. The summed E-state index contributed by atoms with van der Waals surface area (Å²) in [6, 6.07) is 15.8. The fourth-order valence-electron chi connectivity index (χ4n) is 6.21. The summed E-state index contributed by atoms with van der Waals surface area (Å²) in [6.07, 6.45) is 1.14. The van der Waals surface area contributed by atoms with Gasteiger partial charge < -0.3 is 33.9 Å². The van der Waals surface area contributed by atoms with Gasteiger partial charge in [-0.1, -0.05) is 38.1 Å². The van der Waals surface area contributed by atoms with E-state index in [2.05, 4.69) is 37.7 Å². The van der Waals surface area contributed by atoms with Crippen LogP contribution in [0.2, 0.25) is 0 Å². The van der Waals surface area contributed by atoms with Gasteiger partial charge in [0.2, 0.25) is 0 Å². The van der Waals surface area contributed by atoms with Gasteiger partial charge in [0.05, 0.1) is 24.4 Å². The first-order valence-electron chi connectivity index (χ1n) is 15.8. The minimum atomic E-state index is -0.733. The minimum absolute atomic E-state index is 0.0945.